The standard InChI is InChI=1S/C21H22N4O2S/c1-4-24-14(3)19(15-9-6-7-10-16(15)24)17(26)13-28-21-23-22-20(25(21)5-2)18-11-8-12-27-18/h6-12H,4-5,13H2,1-3H3. The zero-order chi connectivity index (χ0) is 19.7. The Kier molecular flexibility index (Phi) is 5.09. The van der Waals surface area contributed by atoms with E-state index >= 15 is 0 Å². The molecule has 0 bridgehead atoms. The Hall–Kier alpha value is -2.80. The second-order valence-corrected chi connectivity index (χ2v) is 7.40. The molecule has 0 aliphatic heterocycles. The summed E-state index contributed by atoms with van der Waals surface area (Å²) in [5.74, 6) is 1.78. The average molecular weight is 395 g/mol. The van der Waals surface area contributed by atoms with E-state index < -0.39 is 0 Å². The first-order valence-corrected chi connectivity index (χ1v) is 10.3. The average Bonchev–Trinajstić information content (AvgIpc) is 3.42. The van der Waals surface area contributed by atoms with Crippen molar-refractivity contribution in [1.29, 1.82) is 0 Å². The lowest BCUT2D eigenvalue weighted by Gasteiger charge is -2.06. The largest absolute Gasteiger partial charge is 0.461 e. The molecular weight excluding hydrogens is 372 g/mol. The molecule has 4 rings (SSSR count). The van der Waals surface area contributed by atoms with Gasteiger partial charge in [0.1, 0.15) is 0 Å². The minimum Gasteiger partial charge on any atom is -0.461 e. The van der Waals surface area contributed by atoms with Gasteiger partial charge in [-0.2, -0.15) is 0 Å². The van der Waals surface area contributed by atoms with Crippen LogP contribution in [-0.4, -0.2) is 30.9 Å². The quantitative estimate of drug-likeness (QED) is 0.332. The van der Waals surface area contributed by atoms with E-state index in [1.807, 2.05) is 48.7 Å². The Labute approximate surface area is 167 Å². The minimum absolute atomic E-state index is 0.108. The van der Waals surface area contributed by atoms with E-state index in [-0.39, 0.29) is 5.78 Å². The maximum absolute atomic E-state index is 13.1. The summed E-state index contributed by atoms with van der Waals surface area (Å²) in [6.07, 6.45) is 1.62. The zero-order valence-electron chi connectivity index (χ0n) is 16.2. The lowest BCUT2D eigenvalue weighted by atomic mass is 10.1. The van der Waals surface area contributed by atoms with Crippen molar-refractivity contribution in [2.24, 2.45) is 0 Å². The molecule has 0 fully saturated rings. The van der Waals surface area contributed by atoms with Crippen LogP contribution in [-0.2, 0) is 13.1 Å². The molecule has 144 valence electrons. The van der Waals surface area contributed by atoms with Crippen LogP contribution in [0.3, 0.4) is 0 Å². The van der Waals surface area contributed by atoms with E-state index in [1.54, 1.807) is 6.26 Å². The van der Waals surface area contributed by atoms with E-state index in [1.165, 1.54) is 11.8 Å². The fourth-order valence-corrected chi connectivity index (χ4v) is 4.54. The third-order valence-corrected chi connectivity index (χ3v) is 5.90. The predicted molar refractivity (Wildman–Crippen MR) is 111 cm³/mol. The van der Waals surface area contributed by atoms with E-state index in [2.05, 4.69) is 27.8 Å². The second-order valence-electron chi connectivity index (χ2n) is 6.46. The number of hydrogen-bond donors (Lipinski definition) is 0. The van der Waals surface area contributed by atoms with E-state index in [0.29, 0.717) is 23.9 Å². The lowest BCUT2D eigenvalue weighted by Crippen LogP contribution is -2.07. The number of Topliss-reactive ketones (excluding diaryl/α,β-unsaturated/α-hetero) is 1. The SMILES string of the molecule is CCn1c(SCC(=O)c2c(C)n(CC)c3ccccc23)nnc1-c1ccco1. The number of fused-ring (bicyclic) bond motifs is 1. The minimum atomic E-state index is 0.108. The molecule has 4 aromatic rings. The molecule has 7 heteroatoms. The number of thioether (sulfide) groups is 1. The molecule has 0 unspecified atom stereocenters. The Balaban J connectivity index is 1.61. The Morgan fingerprint density at radius 2 is 1.86 bits per heavy atom. The van der Waals surface area contributed by atoms with Gasteiger partial charge in [0.2, 0.25) is 0 Å². The summed E-state index contributed by atoms with van der Waals surface area (Å²) in [6.45, 7) is 7.69. The predicted octanol–water partition coefficient (Wildman–Crippen LogP) is 4.82. The number of carbonyl (C=O) groups is 1. The summed E-state index contributed by atoms with van der Waals surface area (Å²) in [7, 11) is 0. The summed E-state index contributed by atoms with van der Waals surface area (Å²) in [5, 5.41) is 10.3. The van der Waals surface area contributed by atoms with Gasteiger partial charge in [-0.1, -0.05) is 30.0 Å². The van der Waals surface area contributed by atoms with Crippen molar-refractivity contribution in [3.63, 3.8) is 0 Å². The Bertz CT molecular complexity index is 1130. The molecule has 28 heavy (non-hydrogen) atoms. The molecule has 0 saturated heterocycles. The number of hydrogen-bond acceptors (Lipinski definition) is 5. The molecule has 0 aliphatic carbocycles. The number of furan rings is 1. The van der Waals surface area contributed by atoms with Gasteiger partial charge in [0.25, 0.3) is 0 Å². The second kappa shape index (κ2) is 7.67. The number of para-hydroxylation sites is 1. The first-order chi connectivity index (χ1) is 13.7. The highest BCUT2D eigenvalue weighted by atomic mass is 32.2. The number of rotatable bonds is 7. The van der Waals surface area contributed by atoms with Gasteiger partial charge in [0.15, 0.2) is 22.5 Å². The van der Waals surface area contributed by atoms with Gasteiger partial charge in [-0.25, -0.2) is 0 Å². The molecule has 0 radical (unpaired) electrons. The molecule has 0 amide bonds. The van der Waals surface area contributed by atoms with Crippen LogP contribution in [0.1, 0.15) is 29.9 Å². The van der Waals surface area contributed by atoms with E-state index in [0.717, 1.165) is 33.9 Å². The number of aromatic nitrogens is 4. The Morgan fingerprint density at radius 1 is 1.07 bits per heavy atom. The van der Waals surface area contributed by atoms with E-state index in [4.69, 9.17) is 4.42 Å². The molecule has 0 spiro atoms. The topological polar surface area (TPSA) is 65.8 Å². The van der Waals surface area contributed by atoms with E-state index in [9.17, 15) is 4.79 Å². The lowest BCUT2D eigenvalue weighted by molar-refractivity contribution is 0.102. The molecule has 3 heterocycles. The fourth-order valence-electron chi connectivity index (χ4n) is 3.66. The van der Waals surface area contributed by atoms with Crippen LogP contribution in [0.4, 0.5) is 0 Å². The van der Waals surface area contributed by atoms with Crippen molar-refractivity contribution in [3.05, 3.63) is 53.9 Å². The highest BCUT2D eigenvalue weighted by Crippen LogP contribution is 2.29. The van der Waals surface area contributed by atoms with Crippen LogP contribution in [0.2, 0.25) is 0 Å². The van der Waals surface area contributed by atoms with Gasteiger partial charge in [0, 0.05) is 35.2 Å². The molecular formula is C21H22N4O2S. The summed E-state index contributed by atoms with van der Waals surface area (Å²) < 4.78 is 9.61. The van der Waals surface area contributed by atoms with Crippen LogP contribution in [0, 0.1) is 6.92 Å². The van der Waals surface area contributed by atoms with Crippen molar-refractivity contribution in [1.82, 2.24) is 19.3 Å². The van der Waals surface area contributed by atoms with Gasteiger partial charge >= 0.3 is 0 Å². The van der Waals surface area contributed by atoms with Crippen molar-refractivity contribution in [2.75, 3.05) is 5.75 Å². The Morgan fingerprint density at radius 3 is 2.57 bits per heavy atom. The molecule has 0 atom stereocenters. The molecule has 0 N–H and O–H groups in total. The van der Waals surface area contributed by atoms with Gasteiger partial charge in [-0.3, -0.25) is 9.36 Å². The summed E-state index contributed by atoms with van der Waals surface area (Å²) >= 11 is 1.42. The number of nitrogens with zero attached hydrogens (tertiary/aromatic N) is 4. The monoisotopic (exact) mass is 394 g/mol. The molecule has 6 nitrogen and oxygen atoms in total. The van der Waals surface area contributed by atoms with Gasteiger partial charge < -0.3 is 8.98 Å². The third-order valence-electron chi connectivity index (χ3n) is 4.93. The van der Waals surface area contributed by atoms with Crippen molar-refractivity contribution >= 4 is 28.4 Å². The summed E-state index contributed by atoms with van der Waals surface area (Å²) in [5.41, 5.74) is 2.92. The van der Waals surface area contributed by atoms with Gasteiger partial charge in [0.05, 0.1) is 12.0 Å². The number of carbonyl (C=O) groups excluding carboxylic acids is 1. The normalized spacial score (nSPS) is 11.4. The zero-order valence-corrected chi connectivity index (χ0v) is 17.0. The van der Waals surface area contributed by atoms with Crippen LogP contribution in [0.5, 0.6) is 0 Å². The molecule has 1 aromatic carbocycles. The maximum Gasteiger partial charge on any atom is 0.200 e. The third kappa shape index (κ3) is 3.05. The summed E-state index contributed by atoms with van der Waals surface area (Å²) in [4.78, 5) is 13.1. The maximum atomic E-state index is 13.1. The highest BCUT2D eigenvalue weighted by molar-refractivity contribution is 7.99. The van der Waals surface area contributed by atoms with Gasteiger partial charge in [-0.15, -0.1) is 10.2 Å². The number of benzene rings is 1. The smallest absolute Gasteiger partial charge is 0.200 e. The number of ketones is 1. The molecule has 0 saturated carbocycles. The van der Waals surface area contributed by atoms with Crippen molar-refractivity contribution in [2.45, 2.75) is 39.0 Å². The van der Waals surface area contributed by atoms with Gasteiger partial charge in [-0.05, 0) is 39.0 Å². The van der Waals surface area contributed by atoms with Crippen molar-refractivity contribution in [3.8, 4) is 11.6 Å². The van der Waals surface area contributed by atoms with Crippen LogP contribution < -0.4 is 0 Å². The first-order valence-electron chi connectivity index (χ1n) is 9.36. The molecule has 0 aliphatic rings. The fraction of sp³-hybridized carbons (Fsp3) is 0.286. The van der Waals surface area contributed by atoms with Crippen LogP contribution in [0.25, 0.3) is 22.5 Å². The van der Waals surface area contributed by atoms with Crippen molar-refractivity contribution < 1.29 is 9.21 Å². The van der Waals surface area contributed by atoms with Crippen LogP contribution >= 0.6 is 11.8 Å². The molecule has 3 aromatic heterocycles. The first kappa shape index (κ1) is 18.6. The number of aryl methyl sites for hydroxylation is 1. The highest BCUT2D eigenvalue weighted by Gasteiger charge is 2.21. The van der Waals surface area contributed by atoms with Crippen LogP contribution in [0.15, 0.2) is 52.2 Å². The summed E-state index contributed by atoms with van der Waals surface area (Å²) in [6, 6.07) is 11.8.